The summed E-state index contributed by atoms with van der Waals surface area (Å²) in [6.07, 6.45) is 1.29. The number of urea groups is 1. The fraction of sp³-hybridized carbons (Fsp3) is 0.636. The van der Waals surface area contributed by atoms with Gasteiger partial charge in [0.05, 0.1) is 0 Å². The van der Waals surface area contributed by atoms with E-state index in [9.17, 15) is 19.2 Å². The van der Waals surface area contributed by atoms with Crippen LogP contribution in [0.5, 0.6) is 0 Å². The first-order valence-electron chi connectivity index (χ1n) is 5.85. The van der Waals surface area contributed by atoms with Gasteiger partial charge >= 0.3 is 12.0 Å². The molecule has 1 saturated heterocycles. The standard InChI is InChI=1S/C11H16N2O5/c1-2-3-4-5-7(14)6-8(15)18-10-9(16)12-11(17)13-10/h10H,2-6H2,1H3,(H2,12,13,16,17). The van der Waals surface area contributed by atoms with Crippen LogP contribution in [0.1, 0.15) is 39.0 Å². The van der Waals surface area contributed by atoms with Gasteiger partial charge in [0.25, 0.3) is 12.1 Å². The average molecular weight is 256 g/mol. The summed E-state index contributed by atoms with van der Waals surface area (Å²) in [4.78, 5) is 44.5. The molecule has 0 aliphatic carbocycles. The van der Waals surface area contributed by atoms with Gasteiger partial charge in [-0.2, -0.15) is 0 Å². The van der Waals surface area contributed by atoms with E-state index in [-0.39, 0.29) is 12.2 Å². The second-order valence-electron chi connectivity index (χ2n) is 4.01. The summed E-state index contributed by atoms with van der Waals surface area (Å²) in [6.45, 7) is 2.01. The Morgan fingerprint density at radius 3 is 2.56 bits per heavy atom. The van der Waals surface area contributed by atoms with Gasteiger partial charge in [0.2, 0.25) is 0 Å². The summed E-state index contributed by atoms with van der Waals surface area (Å²) in [5.74, 6) is -1.76. The molecule has 1 aliphatic heterocycles. The Kier molecular flexibility index (Phi) is 5.29. The maximum absolute atomic E-state index is 11.4. The first kappa shape index (κ1) is 14.1. The van der Waals surface area contributed by atoms with Crippen LogP contribution in [-0.4, -0.2) is 29.9 Å². The van der Waals surface area contributed by atoms with E-state index >= 15 is 0 Å². The SMILES string of the molecule is CCCCCC(=O)CC(=O)OC1NC(=O)NC1=O. The van der Waals surface area contributed by atoms with Crippen LogP contribution >= 0.6 is 0 Å². The topological polar surface area (TPSA) is 102 Å². The number of nitrogens with one attached hydrogen (secondary N) is 2. The number of carbonyl (C=O) groups is 4. The van der Waals surface area contributed by atoms with Gasteiger partial charge in [0.15, 0.2) is 0 Å². The molecular weight excluding hydrogens is 240 g/mol. The van der Waals surface area contributed by atoms with Crippen molar-refractivity contribution in [2.45, 2.75) is 45.3 Å². The molecule has 7 nitrogen and oxygen atoms in total. The van der Waals surface area contributed by atoms with E-state index in [2.05, 4.69) is 10.1 Å². The Bertz CT molecular complexity index is 366. The molecule has 18 heavy (non-hydrogen) atoms. The monoisotopic (exact) mass is 256 g/mol. The van der Waals surface area contributed by atoms with Crippen LogP contribution in [-0.2, 0) is 19.1 Å². The molecule has 1 rings (SSSR count). The third-order valence-electron chi connectivity index (χ3n) is 2.39. The minimum absolute atomic E-state index is 0.224. The van der Waals surface area contributed by atoms with Crippen molar-refractivity contribution in [3.63, 3.8) is 0 Å². The smallest absolute Gasteiger partial charge is 0.324 e. The van der Waals surface area contributed by atoms with Gasteiger partial charge in [-0.15, -0.1) is 0 Å². The van der Waals surface area contributed by atoms with E-state index in [4.69, 9.17) is 0 Å². The predicted octanol–water partition coefficient (Wildman–Crippen LogP) is 0.235. The number of ketones is 1. The number of hydrogen-bond donors (Lipinski definition) is 2. The lowest BCUT2D eigenvalue weighted by Gasteiger charge is -2.08. The molecule has 1 fully saturated rings. The highest BCUT2D eigenvalue weighted by molar-refractivity contribution is 6.04. The number of unbranched alkanes of at least 4 members (excludes halogenated alkanes) is 2. The first-order valence-corrected chi connectivity index (χ1v) is 5.85. The summed E-state index contributed by atoms with van der Waals surface area (Å²) in [6, 6.07) is -0.716. The average Bonchev–Trinajstić information content (AvgIpc) is 2.57. The van der Waals surface area contributed by atoms with Gasteiger partial charge in [-0.3, -0.25) is 25.0 Å². The van der Waals surface area contributed by atoms with Crippen molar-refractivity contribution in [3.8, 4) is 0 Å². The van der Waals surface area contributed by atoms with Crippen LogP contribution in [0.15, 0.2) is 0 Å². The molecule has 3 amide bonds. The van der Waals surface area contributed by atoms with Crippen LogP contribution in [0.3, 0.4) is 0 Å². The van der Waals surface area contributed by atoms with E-state index in [1.54, 1.807) is 0 Å². The van der Waals surface area contributed by atoms with Crippen LogP contribution < -0.4 is 10.6 Å². The lowest BCUT2D eigenvalue weighted by atomic mass is 10.1. The Labute approximate surface area is 104 Å². The molecule has 0 spiro atoms. The highest BCUT2D eigenvalue weighted by Crippen LogP contribution is 2.04. The molecule has 1 heterocycles. The number of Topliss-reactive ketones (excluding diaryl/α,β-unsaturated/α-hetero) is 1. The van der Waals surface area contributed by atoms with Gasteiger partial charge < -0.3 is 4.74 Å². The lowest BCUT2D eigenvalue weighted by Crippen LogP contribution is -2.34. The van der Waals surface area contributed by atoms with Gasteiger partial charge in [0.1, 0.15) is 12.2 Å². The fourth-order valence-electron chi connectivity index (χ4n) is 1.48. The van der Waals surface area contributed by atoms with Crippen LogP contribution in [0.25, 0.3) is 0 Å². The molecule has 0 aromatic rings. The third-order valence-corrected chi connectivity index (χ3v) is 2.39. The summed E-state index contributed by atoms with van der Waals surface area (Å²) in [5, 5.41) is 4.02. The largest absolute Gasteiger partial charge is 0.431 e. The fourth-order valence-corrected chi connectivity index (χ4v) is 1.48. The van der Waals surface area contributed by atoms with Crippen LogP contribution in [0, 0.1) is 0 Å². The normalized spacial score (nSPS) is 18.2. The van der Waals surface area contributed by atoms with Gasteiger partial charge in [-0.1, -0.05) is 19.8 Å². The number of amides is 3. The molecule has 0 aromatic heterocycles. The van der Waals surface area contributed by atoms with Crippen molar-refractivity contribution in [2.75, 3.05) is 0 Å². The Morgan fingerprint density at radius 1 is 1.28 bits per heavy atom. The first-order chi connectivity index (χ1) is 8.52. The van der Waals surface area contributed by atoms with Crippen LogP contribution in [0.2, 0.25) is 0 Å². The van der Waals surface area contributed by atoms with Gasteiger partial charge in [-0.25, -0.2) is 4.79 Å². The molecule has 100 valence electrons. The van der Waals surface area contributed by atoms with Crippen molar-refractivity contribution in [1.29, 1.82) is 0 Å². The summed E-state index contributed by atoms with van der Waals surface area (Å²) >= 11 is 0. The van der Waals surface area contributed by atoms with Crippen molar-refractivity contribution in [3.05, 3.63) is 0 Å². The van der Waals surface area contributed by atoms with Crippen molar-refractivity contribution in [2.24, 2.45) is 0 Å². The van der Waals surface area contributed by atoms with Crippen molar-refractivity contribution < 1.29 is 23.9 Å². The second kappa shape index (κ2) is 6.73. The van der Waals surface area contributed by atoms with Gasteiger partial charge in [0, 0.05) is 6.42 Å². The second-order valence-corrected chi connectivity index (χ2v) is 4.01. The van der Waals surface area contributed by atoms with Crippen molar-refractivity contribution >= 4 is 23.7 Å². The summed E-state index contributed by atoms with van der Waals surface area (Å²) in [5.41, 5.74) is 0. The van der Waals surface area contributed by atoms with E-state index in [1.807, 2.05) is 12.2 Å². The molecule has 7 heteroatoms. The Balaban J connectivity index is 2.27. The minimum Gasteiger partial charge on any atom is -0.431 e. The number of esters is 1. The molecule has 0 bridgehead atoms. The molecule has 2 N–H and O–H groups in total. The molecular formula is C11H16N2O5. The molecule has 1 atom stereocenters. The Hall–Kier alpha value is -1.92. The lowest BCUT2D eigenvalue weighted by molar-refractivity contribution is -0.156. The maximum atomic E-state index is 11.4. The predicted molar refractivity (Wildman–Crippen MR) is 60.3 cm³/mol. The van der Waals surface area contributed by atoms with E-state index in [0.29, 0.717) is 6.42 Å². The third kappa shape index (κ3) is 4.52. The number of carbonyl (C=O) groups excluding carboxylic acids is 4. The zero-order valence-corrected chi connectivity index (χ0v) is 10.2. The minimum atomic E-state index is -1.33. The van der Waals surface area contributed by atoms with E-state index in [0.717, 1.165) is 19.3 Å². The number of rotatable bonds is 7. The zero-order chi connectivity index (χ0) is 13.5. The number of ether oxygens (including phenoxy) is 1. The highest BCUT2D eigenvalue weighted by atomic mass is 16.6. The molecule has 1 unspecified atom stereocenters. The van der Waals surface area contributed by atoms with Crippen molar-refractivity contribution in [1.82, 2.24) is 10.6 Å². The molecule has 1 aliphatic rings. The van der Waals surface area contributed by atoms with Gasteiger partial charge in [-0.05, 0) is 6.42 Å². The summed E-state index contributed by atoms with van der Waals surface area (Å²) in [7, 11) is 0. The number of imide groups is 1. The molecule has 0 aromatic carbocycles. The Morgan fingerprint density at radius 2 is 2.00 bits per heavy atom. The molecule has 0 radical (unpaired) electrons. The van der Waals surface area contributed by atoms with E-state index in [1.165, 1.54) is 0 Å². The quantitative estimate of drug-likeness (QED) is 0.294. The van der Waals surface area contributed by atoms with Crippen LogP contribution in [0.4, 0.5) is 4.79 Å². The maximum Gasteiger partial charge on any atom is 0.324 e. The number of hydrogen-bond acceptors (Lipinski definition) is 5. The highest BCUT2D eigenvalue weighted by Gasteiger charge is 2.32. The molecule has 0 saturated carbocycles. The zero-order valence-electron chi connectivity index (χ0n) is 10.2. The van der Waals surface area contributed by atoms with E-state index < -0.39 is 24.1 Å². The summed E-state index contributed by atoms with van der Waals surface area (Å²) < 4.78 is 4.67.